The van der Waals surface area contributed by atoms with E-state index in [2.05, 4.69) is 5.32 Å². The number of fused-ring (bicyclic) bond motifs is 1. The highest BCUT2D eigenvalue weighted by Gasteiger charge is 2.37. The molecule has 0 saturated heterocycles. The zero-order valence-electron chi connectivity index (χ0n) is 18.4. The fraction of sp³-hybridized carbons (Fsp3) is 0.458. The lowest BCUT2D eigenvalue weighted by atomic mass is 9.87. The molecule has 0 spiro atoms. The van der Waals surface area contributed by atoms with Crippen molar-refractivity contribution in [3.05, 3.63) is 58.9 Å². The number of hydrogen-bond acceptors (Lipinski definition) is 3. The van der Waals surface area contributed by atoms with Crippen LogP contribution in [0.25, 0.3) is 0 Å². The van der Waals surface area contributed by atoms with E-state index in [0.29, 0.717) is 23.6 Å². The van der Waals surface area contributed by atoms with Crippen LogP contribution in [0.1, 0.15) is 43.5 Å². The van der Waals surface area contributed by atoms with Gasteiger partial charge in [-0.25, -0.2) is 4.39 Å². The Bertz CT molecular complexity index is 900. The molecule has 2 aromatic carbocycles. The van der Waals surface area contributed by atoms with Crippen molar-refractivity contribution in [1.29, 1.82) is 0 Å². The quantitative estimate of drug-likeness (QED) is 0.731. The third kappa shape index (κ3) is 4.59. The molecule has 0 saturated carbocycles. The van der Waals surface area contributed by atoms with Gasteiger partial charge in [0.2, 0.25) is 5.91 Å². The summed E-state index contributed by atoms with van der Waals surface area (Å²) < 4.78 is 25.4. The Kier molecular flexibility index (Phi) is 6.98. The standard InChI is InChI=1S/C24H31FN2O3/c1-15(2)24(28)26-16(3)23-19-13-22(30-5)21(29-4)12-17(19)10-11-27(23)14-18-8-6-7-9-20(18)25/h6-9,12-13,15-16,23H,10-11,14H2,1-5H3,(H,26,28)/p+1/t16-,23+/m0/s1. The van der Waals surface area contributed by atoms with Gasteiger partial charge in [0.25, 0.3) is 0 Å². The Morgan fingerprint density at radius 1 is 1.17 bits per heavy atom. The van der Waals surface area contributed by atoms with Gasteiger partial charge < -0.3 is 19.7 Å². The summed E-state index contributed by atoms with van der Waals surface area (Å²) in [5, 5.41) is 3.16. The molecule has 1 heterocycles. The van der Waals surface area contributed by atoms with Crippen LogP contribution in [0.15, 0.2) is 36.4 Å². The first-order chi connectivity index (χ1) is 14.3. The fourth-order valence-electron chi connectivity index (χ4n) is 4.30. The summed E-state index contributed by atoms with van der Waals surface area (Å²) in [7, 11) is 3.25. The van der Waals surface area contributed by atoms with Crippen LogP contribution >= 0.6 is 0 Å². The van der Waals surface area contributed by atoms with Crippen molar-refractivity contribution in [2.45, 2.75) is 45.8 Å². The third-order valence-electron chi connectivity index (χ3n) is 5.91. The van der Waals surface area contributed by atoms with Crippen LogP contribution in [0.3, 0.4) is 0 Å². The van der Waals surface area contributed by atoms with Crippen LogP contribution in [0.4, 0.5) is 4.39 Å². The SMILES string of the molecule is COc1cc2c(cc1OC)[C@@H]([C@H](C)NC(=O)C(C)C)[NH+](Cc1ccccc1F)CC2. The highest BCUT2D eigenvalue weighted by Crippen LogP contribution is 2.35. The van der Waals surface area contributed by atoms with Gasteiger partial charge in [0.05, 0.1) is 26.8 Å². The van der Waals surface area contributed by atoms with Crippen molar-refractivity contribution in [1.82, 2.24) is 5.32 Å². The lowest BCUT2D eigenvalue weighted by Crippen LogP contribution is -3.13. The maximum atomic E-state index is 14.4. The molecule has 5 nitrogen and oxygen atoms in total. The molecule has 0 radical (unpaired) electrons. The van der Waals surface area contributed by atoms with Crippen LogP contribution in [0, 0.1) is 11.7 Å². The maximum Gasteiger partial charge on any atom is 0.222 e. The Balaban J connectivity index is 2.01. The Labute approximate surface area is 178 Å². The first-order valence-corrected chi connectivity index (χ1v) is 10.5. The molecule has 30 heavy (non-hydrogen) atoms. The summed E-state index contributed by atoms with van der Waals surface area (Å²) in [6, 6.07) is 10.8. The zero-order valence-corrected chi connectivity index (χ0v) is 18.4. The van der Waals surface area contributed by atoms with Crippen molar-refractivity contribution in [3.63, 3.8) is 0 Å². The largest absolute Gasteiger partial charge is 0.493 e. The molecule has 6 heteroatoms. The second-order valence-corrected chi connectivity index (χ2v) is 8.26. The normalized spacial score (nSPS) is 19.2. The fourth-order valence-corrected chi connectivity index (χ4v) is 4.30. The number of carbonyl (C=O) groups excluding carboxylic acids is 1. The van der Waals surface area contributed by atoms with Crippen LogP contribution in [-0.2, 0) is 17.8 Å². The first kappa shape index (κ1) is 22.1. The molecule has 1 aliphatic heterocycles. The molecule has 162 valence electrons. The van der Waals surface area contributed by atoms with Crippen LogP contribution < -0.4 is 19.7 Å². The van der Waals surface area contributed by atoms with Crippen molar-refractivity contribution in [2.24, 2.45) is 5.92 Å². The number of benzene rings is 2. The van der Waals surface area contributed by atoms with Crippen molar-refractivity contribution >= 4 is 5.91 Å². The van der Waals surface area contributed by atoms with Gasteiger partial charge in [0.1, 0.15) is 18.4 Å². The van der Waals surface area contributed by atoms with E-state index >= 15 is 0 Å². The minimum absolute atomic E-state index is 0.0142. The Morgan fingerprint density at radius 3 is 2.47 bits per heavy atom. The van der Waals surface area contributed by atoms with E-state index in [1.807, 2.05) is 45.0 Å². The van der Waals surface area contributed by atoms with E-state index in [1.54, 1.807) is 20.3 Å². The molecule has 0 aromatic heterocycles. The number of nitrogens with one attached hydrogen (secondary N) is 2. The van der Waals surface area contributed by atoms with Crippen molar-refractivity contribution in [3.8, 4) is 11.5 Å². The lowest BCUT2D eigenvalue weighted by molar-refractivity contribution is -0.948. The summed E-state index contributed by atoms with van der Waals surface area (Å²) in [6.07, 6.45) is 0.848. The van der Waals surface area contributed by atoms with Gasteiger partial charge in [-0.15, -0.1) is 0 Å². The van der Waals surface area contributed by atoms with Gasteiger partial charge in [-0.1, -0.05) is 32.0 Å². The molecule has 2 aromatic rings. The van der Waals surface area contributed by atoms with Gasteiger partial charge in [0, 0.05) is 23.5 Å². The van der Waals surface area contributed by atoms with Gasteiger partial charge in [-0.2, -0.15) is 0 Å². The number of rotatable bonds is 7. The minimum Gasteiger partial charge on any atom is -0.493 e. The number of quaternary nitrogens is 1. The topological polar surface area (TPSA) is 52.0 Å². The van der Waals surface area contributed by atoms with E-state index in [1.165, 1.54) is 16.5 Å². The molecular formula is C24H32FN2O3+. The molecule has 0 aliphatic carbocycles. The first-order valence-electron chi connectivity index (χ1n) is 10.5. The van der Waals surface area contributed by atoms with Crippen molar-refractivity contribution < 1.29 is 23.6 Å². The Morgan fingerprint density at radius 2 is 1.83 bits per heavy atom. The van der Waals surface area contributed by atoms with E-state index in [9.17, 15) is 9.18 Å². The van der Waals surface area contributed by atoms with Gasteiger partial charge in [-0.3, -0.25) is 4.79 Å². The highest BCUT2D eigenvalue weighted by molar-refractivity contribution is 5.78. The summed E-state index contributed by atoms with van der Waals surface area (Å²) in [5.74, 6) is 1.08. The molecule has 1 unspecified atom stereocenters. The average molecular weight is 416 g/mol. The average Bonchev–Trinajstić information content (AvgIpc) is 2.73. The number of carbonyl (C=O) groups is 1. The number of halogens is 1. The third-order valence-corrected chi connectivity index (χ3v) is 5.91. The van der Waals surface area contributed by atoms with Crippen LogP contribution in [0.5, 0.6) is 11.5 Å². The number of amides is 1. The summed E-state index contributed by atoms with van der Waals surface area (Å²) in [5.41, 5.74) is 2.98. The molecule has 0 fully saturated rings. The second-order valence-electron chi connectivity index (χ2n) is 8.26. The van der Waals surface area contributed by atoms with E-state index in [-0.39, 0.29) is 29.7 Å². The predicted octanol–water partition coefficient (Wildman–Crippen LogP) is 2.69. The maximum absolute atomic E-state index is 14.4. The molecule has 3 rings (SSSR count). The minimum atomic E-state index is -0.194. The van der Waals surface area contributed by atoms with Crippen molar-refractivity contribution in [2.75, 3.05) is 20.8 Å². The monoisotopic (exact) mass is 415 g/mol. The van der Waals surface area contributed by atoms with E-state index in [0.717, 1.165) is 18.5 Å². The number of methoxy groups -OCH3 is 2. The van der Waals surface area contributed by atoms with E-state index in [4.69, 9.17) is 9.47 Å². The smallest absolute Gasteiger partial charge is 0.222 e. The van der Waals surface area contributed by atoms with E-state index < -0.39 is 0 Å². The summed E-state index contributed by atoms with van der Waals surface area (Å²) in [4.78, 5) is 13.6. The predicted molar refractivity (Wildman–Crippen MR) is 114 cm³/mol. The van der Waals surface area contributed by atoms with Crippen LogP contribution in [-0.4, -0.2) is 32.7 Å². The number of hydrogen-bond donors (Lipinski definition) is 2. The van der Waals surface area contributed by atoms with Gasteiger partial charge in [-0.05, 0) is 30.7 Å². The molecule has 0 bridgehead atoms. The molecular weight excluding hydrogens is 383 g/mol. The van der Waals surface area contributed by atoms with Gasteiger partial charge in [0.15, 0.2) is 11.5 Å². The molecule has 1 amide bonds. The molecule has 2 N–H and O–H groups in total. The Hall–Kier alpha value is -2.60. The number of ether oxygens (including phenoxy) is 2. The lowest BCUT2D eigenvalue weighted by Gasteiger charge is -2.38. The van der Waals surface area contributed by atoms with Gasteiger partial charge >= 0.3 is 0 Å². The molecule has 1 aliphatic rings. The van der Waals surface area contributed by atoms with Crippen LogP contribution in [0.2, 0.25) is 0 Å². The summed E-state index contributed by atoms with van der Waals surface area (Å²) in [6.45, 7) is 7.18. The summed E-state index contributed by atoms with van der Waals surface area (Å²) >= 11 is 0. The second kappa shape index (κ2) is 9.47. The zero-order chi connectivity index (χ0) is 21.8. The molecule has 3 atom stereocenters. The highest BCUT2D eigenvalue weighted by atomic mass is 19.1.